The molecule has 0 spiro atoms. The van der Waals surface area contributed by atoms with Crippen molar-refractivity contribution in [2.45, 2.75) is 76.3 Å². The summed E-state index contributed by atoms with van der Waals surface area (Å²) in [5, 5.41) is 1.10. The van der Waals surface area contributed by atoms with E-state index in [1.54, 1.807) is 25.7 Å². The van der Waals surface area contributed by atoms with E-state index in [-0.39, 0.29) is 6.61 Å². The molecule has 8 nitrogen and oxygen atoms in total. The summed E-state index contributed by atoms with van der Waals surface area (Å²) in [6.45, 7) is 13.9. The van der Waals surface area contributed by atoms with Crippen LogP contribution in [-0.2, 0) is 35.4 Å². The summed E-state index contributed by atoms with van der Waals surface area (Å²) >= 11 is 0. The van der Waals surface area contributed by atoms with Gasteiger partial charge in [-0.25, -0.2) is 9.59 Å². The summed E-state index contributed by atoms with van der Waals surface area (Å²) in [4.78, 5) is 32.1. The van der Waals surface area contributed by atoms with Gasteiger partial charge in [-0.05, 0) is 65.4 Å². The highest BCUT2D eigenvalue weighted by molar-refractivity contribution is 6.69. The highest BCUT2D eigenvalue weighted by Gasteiger charge is 2.84. The number of benzene rings is 1. The van der Waals surface area contributed by atoms with Gasteiger partial charge in [0.25, 0.3) is 11.4 Å². The number of H-pyrrole nitrogens is 1. The number of hydrogen-bond donors (Lipinski definition) is 1. The Morgan fingerprint density at radius 3 is 2.48 bits per heavy atom. The third-order valence-electron chi connectivity index (χ3n) is 6.66. The van der Waals surface area contributed by atoms with Crippen LogP contribution in [0.5, 0.6) is 0 Å². The molecule has 4 heterocycles. The molecule has 2 aromatic rings. The van der Waals surface area contributed by atoms with E-state index in [0.29, 0.717) is 13.0 Å². The SMILES string of the molecule is CC(C)(C)OC(=O)[C@]1([C@@]2(O[Si](C)(C)C)OC(=O)N3CCc4c([nH]c5ccccc45)[C@@]32C)CO1. The summed E-state index contributed by atoms with van der Waals surface area (Å²) in [5.41, 5.74) is -0.521. The molecule has 0 aliphatic carbocycles. The molecule has 0 saturated carbocycles. The number of carbonyl (C=O) groups is 2. The Hall–Kier alpha value is -2.36. The third-order valence-corrected chi connectivity index (χ3v) is 7.56. The van der Waals surface area contributed by atoms with E-state index in [2.05, 4.69) is 11.1 Å². The van der Waals surface area contributed by atoms with E-state index < -0.39 is 42.9 Å². The average Bonchev–Trinajstić information content (AvgIpc) is 3.36. The Morgan fingerprint density at radius 2 is 1.88 bits per heavy atom. The zero-order valence-corrected chi connectivity index (χ0v) is 21.3. The number of fused-ring (bicyclic) bond motifs is 5. The van der Waals surface area contributed by atoms with Crippen molar-refractivity contribution in [1.82, 2.24) is 9.88 Å². The molecule has 0 bridgehead atoms. The van der Waals surface area contributed by atoms with Crippen molar-refractivity contribution in [3.05, 3.63) is 35.5 Å². The van der Waals surface area contributed by atoms with Crippen molar-refractivity contribution in [1.29, 1.82) is 0 Å². The number of amides is 1. The van der Waals surface area contributed by atoms with Gasteiger partial charge in [0.05, 0.1) is 12.3 Å². The molecule has 3 aliphatic heterocycles. The summed E-state index contributed by atoms with van der Waals surface area (Å²) in [6.07, 6.45) is 0.159. The molecule has 178 valence electrons. The number of aromatic amines is 1. The second-order valence-electron chi connectivity index (χ2n) is 11.3. The molecule has 9 heteroatoms. The van der Waals surface area contributed by atoms with Gasteiger partial charge < -0.3 is 23.6 Å². The van der Waals surface area contributed by atoms with Gasteiger partial charge in [-0.3, -0.25) is 4.90 Å². The zero-order valence-electron chi connectivity index (χ0n) is 20.3. The van der Waals surface area contributed by atoms with Gasteiger partial charge in [-0.15, -0.1) is 0 Å². The van der Waals surface area contributed by atoms with Crippen LogP contribution < -0.4 is 0 Å². The van der Waals surface area contributed by atoms with Gasteiger partial charge in [0.15, 0.2) is 13.9 Å². The van der Waals surface area contributed by atoms with Gasteiger partial charge in [0.1, 0.15) is 5.60 Å². The normalized spacial score (nSPS) is 31.2. The summed E-state index contributed by atoms with van der Waals surface area (Å²) in [7, 11) is -2.39. The monoisotopic (exact) mass is 472 g/mol. The minimum absolute atomic E-state index is 0.0542. The summed E-state index contributed by atoms with van der Waals surface area (Å²) < 4.78 is 24.6. The van der Waals surface area contributed by atoms with Crippen molar-refractivity contribution in [2.75, 3.05) is 13.2 Å². The largest absolute Gasteiger partial charge is 0.458 e. The number of epoxide rings is 1. The van der Waals surface area contributed by atoms with Crippen LogP contribution in [-0.4, -0.2) is 60.4 Å². The number of hydrogen-bond acceptors (Lipinski definition) is 6. The number of esters is 1. The van der Waals surface area contributed by atoms with Crippen LogP contribution in [0.15, 0.2) is 24.3 Å². The molecule has 2 fully saturated rings. The van der Waals surface area contributed by atoms with Crippen LogP contribution in [0.2, 0.25) is 19.6 Å². The predicted octanol–water partition coefficient (Wildman–Crippen LogP) is 4.05. The number of para-hydroxylation sites is 1. The topological polar surface area (TPSA) is 93.4 Å². The van der Waals surface area contributed by atoms with Gasteiger partial charge in [0, 0.05) is 17.4 Å². The first-order valence-electron chi connectivity index (χ1n) is 11.4. The molecular weight excluding hydrogens is 440 g/mol. The van der Waals surface area contributed by atoms with Crippen molar-refractivity contribution >= 4 is 31.3 Å². The Balaban J connectivity index is 1.76. The number of aromatic nitrogens is 1. The van der Waals surface area contributed by atoms with Crippen LogP contribution in [0, 0.1) is 0 Å². The molecule has 5 rings (SSSR count). The quantitative estimate of drug-likeness (QED) is 0.410. The van der Waals surface area contributed by atoms with Crippen LogP contribution in [0.3, 0.4) is 0 Å². The third kappa shape index (κ3) is 3.02. The van der Waals surface area contributed by atoms with E-state index >= 15 is 0 Å². The Morgan fingerprint density at radius 1 is 1.21 bits per heavy atom. The standard InChI is InChI=1S/C24H32N2O6Si/c1-21(2,3)30-19(27)23(14-29-23)24(32-33(5,6)7)22(4)18-16(12-13-26(22)20(28)31-24)15-10-8-9-11-17(15)25-18/h8-11,25H,12-14H2,1-7H3/t22-,23+,24-/m1/s1. The molecule has 3 aliphatic rings. The van der Waals surface area contributed by atoms with Crippen molar-refractivity contribution in [2.24, 2.45) is 0 Å². The van der Waals surface area contributed by atoms with Gasteiger partial charge in [-0.2, -0.15) is 0 Å². The maximum atomic E-state index is 13.6. The number of ether oxygens (including phenoxy) is 3. The molecule has 33 heavy (non-hydrogen) atoms. The van der Waals surface area contributed by atoms with E-state index in [1.165, 1.54) is 0 Å². The van der Waals surface area contributed by atoms with E-state index in [0.717, 1.165) is 22.2 Å². The molecule has 1 aromatic heterocycles. The van der Waals surface area contributed by atoms with Crippen LogP contribution in [0.25, 0.3) is 10.9 Å². The lowest BCUT2D eigenvalue weighted by molar-refractivity contribution is -0.232. The van der Waals surface area contributed by atoms with Crippen molar-refractivity contribution in [3.8, 4) is 0 Å². The van der Waals surface area contributed by atoms with Crippen LogP contribution >= 0.6 is 0 Å². The molecule has 2 saturated heterocycles. The molecule has 3 atom stereocenters. The Bertz CT molecular complexity index is 1160. The van der Waals surface area contributed by atoms with E-state index in [9.17, 15) is 9.59 Å². The molecule has 0 radical (unpaired) electrons. The highest BCUT2D eigenvalue weighted by atomic mass is 28.4. The maximum absolute atomic E-state index is 13.6. The first-order valence-corrected chi connectivity index (χ1v) is 14.8. The number of cyclic esters (lactones) is 1. The fraction of sp³-hybridized carbons (Fsp3) is 0.583. The number of carbonyl (C=O) groups excluding carboxylic acids is 2. The predicted molar refractivity (Wildman–Crippen MR) is 124 cm³/mol. The Kier molecular flexibility index (Phi) is 4.49. The molecule has 1 amide bonds. The lowest BCUT2D eigenvalue weighted by Gasteiger charge is -2.49. The van der Waals surface area contributed by atoms with Gasteiger partial charge >= 0.3 is 12.1 Å². The molecular formula is C24H32N2O6Si. The van der Waals surface area contributed by atoms with E-state index in [1.807, 2.05) is 44.8 Å². The Labute approximate surface area is 194 Å². The lowest BCUT2D eigenvalue weighted by atomic mass is 9.75. The minimum atomic E-state index is -2.39. The number of rotatable bonds is 4. The first kappa shape index (κ1) is 22.4. The zero-order chi connectivity index (χ0) is 24.0. The fourth-order valence-electron chi connectivity index (χ4n) is 5.34. The first-order chi connectivity index (χ1) is 15.2. The molecule has 1 N–H and O–H groups in total. The van der Waals surface area contributed by atoms with E-state index in [4.69, 9.17) is 18.6 Å². The highest BCUT2D eigenvalue weighted by Crippen LogP contribution is 2.61. The molecule has 0 unspecified atom stereocenters. The van der Waals surface area contributed by atoms with Crippen LogP contribution in [0.4, 0.5) is 4.79 Å². The van der Waals surface area contributed by atoms with Crippen molar-refractivity contribution < 1.29 is 28.2 Å². The van der Waals surface area contributed by atoms with Crippen LogP contribution in [0.1, 0.15) is 39.0 Å². The lowest BCUT2D eigenvalue weighted by Crippen LogP contribution is -2.69. The summed E-state index contributed by atoms with van der Waals surface area (Å²) in [6, 6.07) is 8.05. The number of nitrogens with zero attached hydrogens (tertiary/aromatic N) is 1. The smallest absolute Gasteiger partial charge is 0.413 e. The van der Waals surface area contributed by atoms with Gasteiger partial charge in [0.2, 0.25) is 0 Å². The second kappa shape index (κ2) is 6.61. The maximum Gasteiger partial charge on any atom is 0.413 e. The average molecular weight is 473 g/mol. The summed E-state index contributed by atoms with van der Waals surface area (Å²) in [5.74, 6) is -2.27. The minimum Gasteiger partial charge on any atom is -0.458 e. The van der Waals surface area contributed by atoms with Crippen molar-refractivity contribution in [3.63, 3.8) is 0 Å². The number of nitrogens with one attached hydrogen (secondary N) is 1. The van der Waals surface area contributed by atoms with Gasteiger partial charge in [-0.1, -0.05) is 18.2 Å². The molecule has 1 aromatic carbocycles. The fourth-order valence-corrected chi connectivity index (χ4v) is 6.60. The second-order valence-corrected chi connectivity index (χ2v) is 15.7.